The normalized spacial score (nSPS) is 10.4. The lowest BCUT2D eigenvalue weighted by Gasteiger charge is -2.14. The quantitative estimate of drug-likeness (QED) is 0.401. The van der Waals surface area contributed by atoms with Gasteiger partial charge in [-0.3, -0.25) is 14.4 Å². The molecule has 0 saturated carbocycles. The van der Waals surface area contributed by atoms with E-state index in [0.29, 0.717) is 17.0 Å². The Morgan fingerprint density at radius 1 is 0.848 bits per heavy atom. The number of para-hydroxylation sites is 1. The van der Waals surface area contributed by atoms with Gasteiger partial charge in [0.15, 0.2) is 0 Å². The van der Waals surface area contributed by atoms with Gasteiger partial charge in [0.25, 0.3) is 5.91 Å². The van der Waals surface area contributed by atoms with Crippen molar-refractivity contribution in [1.29, 1.82) is 0 Å². The minimum absolute atomic E-state index is 0.0850. The highest BCUT2D eigenvalue weighted by atomic mass is 16.3. The number of hydrogen-bond donors (Lipinski definition) is 4. The molecule has 0 fully saturated rings. The molecule has 4 N–H and O–H groups in total. The Labute approximate surface area is 192 Å². The highest BCUT2D eigenvalue weighted by Gasteiger charge is 2.13. The van der Waals surface area contributed by atoms with E-state index in [1.807, 2.05) is 32.9 Å². The van der Waals surface area contributed by atoms with Gasteiger partial charge in [-0.2, -0.15) is 0 Å². The molecular formula is C25H28N4O4. The predicted molar refractivity (Wildman–Crippen MR) is 127 cm³/mol. The standard InChI is InChI=1S/C25H28N4O4/c1-16-11-17(2)24(18(3)12-16)29-23(31)15-27-22(30)14-26-21-9-5-4-8-20(21)25(32)28-13-19-7-6-10-33-19/h4-12,26H,13-15H2,1-3H3,(H,27,30)(H,28,32)(H,29,31). The van der Waals surface area contributed by atoms with Crippen molar-refractivity contribution in [3.8, 4) is 0 Å². The molecule has 0 atom stereocenters. The van der Waals surface area contributed by atoms with Crippen molar-refractivity contribution in [3.63, 3.8) is 0 Å². The van der Waals surface area contributed by atoms with Crippen molar-refractivity contribution in [3.05, 3.63) is 82.8 Å². The Kier molecular flexibility index (Phi) is 7.86. The van der Waals surface area contributed by atoms with Crippen LogP contribution >= 0.6 is 0 Å². The molecule has 172 valence electrons. The maximum atomic E-state index is 12.5. The molecule has 1 aromatic heterocycles. The fourth-order valence-electron chi connectivity index (χ4n) is 3.49. The Morgan fingerprint density at radius 2 is 1.58 bits per heavy atom. The van der Waals surface area contributed by atoms with Crippen molar-refractivity contribution in [2.45, 2.75) is 27.3 Å². The second kappa shape index (κ2) is 11.0. The van der Waals surface area contributed by atoms with Gasteiger partial charge in [0.05, 0.1) is 31.5 Å². The van der Waals surface area contributed by atoms with Crippen LogP contribution in [0.2, 0.25) is 0 Å². The number of amides is 3. The summed E-state index contributed by atoms with van der Waals surface area (Å²) >= 11 is 0. The number of nitrogens with one attached hydrogen (secondary N) is 4. The second-order valence-electron chi connectivity index (χ2n) is 7.76. The summed E-state index contributed by atoms with van der Waals surface area (Å²) in [6, 6.07) is 14.4. The van der Waals surface area contributed by atoms with Gasteiger partial charge >= 0.3 is 0 Å². The van der Waals surface area contributed by atoms with E-state index in [1.54, 1.807) is 42.7 Å². The van der Waals surface area contributed by atoms with Crippen LogP contribution < -0.4 is 21.3 Å². The summed E-state index contributed by atoms with van der Waals surface area (Å²) in [6.07, 6.45) is 1.54. The topological polar surface area (TPSA) is 112 Å². The fourth-order valence-corrected chi connectivity index (χ4v) is 3.49. The molecule has 0 aliphatic carbocycles. The molecule has 3 rings (SSSR count). The maximum Gasteiger partial charge on any atom is 0.253 e. The summed E-state index contributed by atoms with van der Waals surface area (Å²) in [5.41, 5.74) is 4.73. The van der Waals surface area contributed by atoms with E-state index < -0.39 is 0 Å². The average molecular weight is 449 g/mol. The Morgan fingerprint density at radius 3 is 2.27 bits per heavy atom. The zero-order valence-corrected chi connectivity index (χ0v) is 19.0. The Balaban J connectivity index is 1.49. The van der Waals surface area contributed by atoms with Crippen LogP contribution in [0.25, 0.3) is 0 Å². The predicted octanol–water partition coefficient (Wildman–Crippen LogP) is 3.30. The van der Waals surface area contributed by atoms with Crippen LogP contribution in [0.1, 0.15) is 32.8 Å². The van der Waals surface area contributed by atoms with E-state index in [-0.39, 0.29) is 37.4 Å². The van der Waals surface area contributed by atoms with E-state index in [4.69, 9.17) is 4.42 Å². The molecule has 2 aromatic carbocycles. The zero-order valence-electron chi connectivity index (χ0n) is 19.0. The number of carbonyl (C=O) groups excluding carboxylic acids is 3. The molecule has 0 spiro atoms. The molecule has 0 radical (unpaired) electrons. The molecule has 1 heterocycles. The first-order chi connectivity index (χ1) is 15.8. The number of hydrogen-bond acceptors (Lipinski definition) is 5. The first kappa shape index (κ1) is 23.6. The molecule has 0 aliphatic rings. The van der Waals surface area contributed by atoms with Gasteiger partial charge in [-0.05, 0) is 56.2 Å². The van der Waals surface area contributed by atoms with Gasteiger partial charge < -0.3 is 25.7 Å². The average Bonchev–Trinajstić information content (AvgIpc) is 3.31. The van der Waals surface area contributed by atoms with Crippen molar-refractivity contribution < 1.29 is 18.8 Å². The van der Waals surface area contributed by atoms with Gasteiger partial charge in [-0.15, -0.1) is 0 Å². The van der Waals surface area contributed by atoms with Gasteiger partial charge in [0, 0.05) is 11.4 Å². The third-order valence-corrected chi connectivity index (χ3v) is 5.00. The third kappa shape index (κ3) is 6.70. The smallest absolute Gasteiger partial charge is 0.253 e. The van der Waals surface area contributed by atoms with Crippen LogP contribution in [0.5, 0.6) is 0 Å². The fraction of sp³-hybridized carbons (Fsp3) is 0.240. The van der Waals surface area contributed by atoms with Crippen molar-refractivity contribution >= 4 is 29.1 Å². The molecule has 3 aromatic rings. The molecule has 8 nitrogen and oxygen atoms in total. The van der Waals surface area contributed by atoms with Gasteiger partial charge in [0.1, 0.15) is 5.76 Å². The largest absolute Gasteiger partial charge is 0.467 e. The van der Waals surface area contributed by atoms with Crippen molar-refractivity contribution in [1.82, 2.24) is 10.6 Å². The number of benzene rings is 2. The molecular weight excluding hydrogens is 420 g/mol. The number of anilines is 2. The summed E-state index contributed by atoms with van der Waals surface area (Å²) in [7, 11) is 0. The molecule has 8 heteroatoms. The van der Waals surface area contributed by atoms with E-state index >= 15 is 0 Å². The molecule has 3 amide bonds. The van der Waals surface area contributed by atoms with Crippen molar-refractivity contribution in [2.75, 3.05) is 23.7 Å². The molecule has 0 bridgehead atoms. The van der Waals surface area contributed by atoms with Crippen LogP contribution in [-0.2, 0) is 16.1 Å². The summed E-state index contributed by atoms with van der Waals surface area (Å²) in [4.78, 5) is 37.1. The second-order valence-corrected chi connectivity index (χ2v) is 7.76. The SMILES string of the molecule is Cc1cc(C)c(NC(=O)CNC(=O)CNc2ccccc2C(=O)NCc2ccco2)c(C)c1. The number of aryl methyl sites for hydroxylation is 3. The number of rotatable bonds is 9. The number of carbonyl (C=O) groups is 3. The minimum atomic E-state index is -0.367. The minimum Gasteiger partial charge on any atom is -0.467 e. The molecule has 0 saturated heterocycles. The maximum absolute atomic E-state index is 12.5. The monoisotopic (exact) mass is 448 g/mol. The first-order valence-electron chi connectivity index (χ1n) is 10.6. The number of furan rings is 1. The molecule has 0 unspecified atom stereocenters. The summed E-state index contributed by atoms with van der Waals surface area (Å²) in [5, 5.41) is 11.2. The van der Waals surface area contributed by atoms with Gasteiger partial charge in [0.2, 0.25) is 11.8 Å². The van der Waals surface area contributed by atoms with E-state index in [1.165, 1.54) is 0 Å². The van der Waals surface area contributed by atoms with Crippen LogP contribution in [0.4, 0.5) is 11.4 Å². The van der Waals surface area contributed by atoms with Crippen molar-refractivity contribution in [2.24, 2.45) is 0 Å². The summed E-state index contributed by atoms with van der Waals surface area (Å²) in [6.45, 7) is 5.88. The zero-order chi connectivity index (χ0) is 23.8. The first-order valence-corrected chi connectivity index (χ1v) is 10.6. The Bertz CT molecular complexity index is 1120. The lowest BCUT2D eigenvalue weighted by atomic mass is 10.1. The molecule has 0 aliphatic heterocycles. The van der Waals surface area contributed by atoms with E-state index in [9.17, 15) is 14.4 Å². The van der Waals surface area contributed by atoms with Crippen LogP contribution in [0, 0.1) is 20.8 Å². The lowest BCUT2D eigenvalue weighted by Crippen LogP contribution is -2.36. The third-order valence-electron chi connectivity index (χ3n) is 5.00. The van der Waals surface area contributed by atoms with Crippen LogP contribution in [-0.4, -0.2) is 30.8 Å². The summed E-state index contributed by atoms with van der Waals surface area (Å²) in [5.74, 6) is -0.329. The van der Waals surface area contributed by atoms with Crippen LogP contribution in [0.3, 0.4) is 0 Å². The lowest BCUT2D eigenvalue weighted by molar-refractivity contribution is -0.122. The van der Waals surface area contributed by atoms with E-state index in [2.05, 4.69) is 21.3 Å². The van der Waals surface area contributed by atoms with Crippen LogP contribution in [0.15, 0.2) is 59.2 Å². The Hall–Kier alpha value is -4.07. The van der Waals surface area contributed by atoms with Gasteiger partial charge in [-0.25, -0.2) is 0 Å². The summed E-state index contributed by atoms with van der Waals surface area (Å²) < 4.78 is 5.21. The highest BCUT2D eigenvalue weighted by Crippen LogP contribution is 2.21. The molecule has 33 heavy (non-hydrogen) atoms. The van der Waals surface area contributed by atoms with Gasteiger partial charge in [-0.1, -0.05) is 29.8 Å². The van der Waals surface area contributed by atoms with E-state index in [0.717, 1.165) is 22.4 Å². The highest BCUT2D eigenvalue weighted by molar-refractivity contribution is 6.00.